The van der Waals surface area contributed by atoms with Crippen LogP contribution in [-0.2, 0) is 4.74 Å². The van der Waals surface area contributed by atoms with Crippen molar-refractivity contribution in [1.29, 1.82) is 0 Å². The van der Waals surface area contributed by atoms with Crippen molar-refractivity contribution in [3.63, 3.8) is 0 Å². The fraction of sp³-hybridized carbons (Fsp3) is 1.00. The fourth-order valence-electron chi connectivity index (χ4n) is 4.55. The molecular weight excluding hydrogens is 212 g/mol. The Balaban J connectivity index is 1.29. The number of fused-ring (bicyclic) bond motifs is 3. The quantitative estimate of drug-likeness (QED) is 0.721. The number of likely N-dealkylation sites (tertiary alicyclic amines) is 1. The first-order valence-electron chi connectivity index (χ1n) is 7.38. The highest BCUT2D eigenvalue weighted by Crippen LogP contribution is 2.45. The molecule has 0 N–H and O–H groups in total. The first-order chi connectivity index (χ1) is 8.28. The Labute approximate surface area is 104 Å². The molecule has 0 aromatic rings. The third-order valence-corrected chi connectivity index (χ3v) is 5.52. The van der Waals surface area contributed by atoms with Crippen molar-refractivity contribution >= 4 is 0 Å². The molecule has 3 heteroatoms. The molecule has 2 bridgehead atoms. The lowest BCUT2D eigenvalue weighted by Gasteiger charge is -2.52. The Morgan fingerprint density at radius 1 is 1.06 bits per heavy atom. The normalized spacial score (nSPS) is 50.3. The maximum absolute atomic E-state index is 5.70. The second-order valence-electron chi connectivity index (χ2n) is 6.80. The molecule has 0 aromatic carbocycles. The number of ether oxygens (including phenoxy) is 1. The molecule has 1 saturated carbocycles. The van der Waals surface area contributed by atoms with E-state index in [9.17, 15) is 0 Å². The zero-order valence-corrected chi connectivity index (χ0v) is 10.8. The van der Waals surface area contributed by atoms with E-state index in [0.717, 1.165) is 17.8 Å². The van der Waals surface area contributed by atoms with E-state index in [1.807, 2.05) is 0 Å². The second kappa shape index (κ2) is 3.94. The van der Waals surface area contributed by atoms with Gasteiger partial charge in [0.05, 0.1) is 18.9 Å². The maximum atomic E-state index is 5.70. The summed E-state index contributed by atoms with van der Waals surface area (Å²) in [6.07, 6.45) is 5.38. The molecule has 5 fully saturated rings. The summed E-state index contributed by atoms with van der Waals surface area (Å²) in [5.74, 6) is 3.09. The predicted molar refractivity (Wildman–Crippen MR) is 66.7 cm³/mol. The van der Waals surface area contributed by atoms with Crippen molar-refractivity contribution in [2.75, 3.05) is 32.8 Å². The minimum atomic E-state index is 0.565. The maximum Gasteiger partial charge on any atom is 0.0732 e. The largest absolute Gasteiger partial charge is 0.372 e. The van der Waals surface area contributed by atoms with Crippen molar-refractivity contribution in [3.8, 4) is 0 Å². The van der Waals surface area contributed by atoms with E-state index >= 15 is 0 Å². The highest BCUT2D eigenvalue weighted by molar-refractivity contribution is 4.93. The van der Waals surface area contributed by atoms with Crippen molar-refractivity contribution in [3.05, 3.63) is 0 Å². The van der Waals surface area contributed by atoms with Gasteiger partial charge in [0.15, 0.2) is 0 Å². The van der Waals surface area contributed by atoms with Gasteiger partial charge in [-0.2, -0.15) is 0 Å². The van der Waals surface area contributed by atoms with Gasteiger partial charge in [-0.25, -0.2) is 0 Å². The van der Waals surface area contributed by atoms with Crippen LogP contribution in [0.2, 0.25) is 0 Å². The molecule has 0 aromatic heterocycles. The zero-order chi connectivity index (χ0) is 11.4. The van der Waals surface area contributed by atoms with E-state index in [4.69, 9.17) is 4.74 Å². The van der Waals surface area contributed by atoms with Crippen molar-refractivity contribution in [2.45, 2.75) is 38.4 Å². The molecule has 3 nitrogen and oxygen atoms in total. The number of hydrogen-bond donors (Lipinski definition) is 0. The van der Waals surface area contributed by atoms with Gasteiger partial charge < -0.3 is 4.74 Å². The van der Waals surface area contributed by atoms with Gasteiger partial charge >= 0.3 is 0 Å². The average Bonchev–Trinajstić information content (AvgIpc) is 2.27. The van der Waals surface area contributed by atoms with E-state index in [1.54, 1.807) is 0 Å². The monoisotopic (exact) mass is 236 g/mol. The van der Waals surface area contributed by atoms with Crippen LogP contribution in [0.5, 0.6) is 0 Å². The molecule has 1 aliphatic carbocycles. The number of nitrogens with zero attached hydrogens (tertiary/aromatic N) is 2. The van der Waals surface area contributed by atoms with Crippen LogP contribution in [0, 0.1) is 17.8 Å². The van der Waals surface area contributed by atoms with Crippen LogP contribution < -0.4 is 0 Å². The van der Waals surface area contributed by atoms with Gasteiger partial charge in [0, 0.05) is 26.1 Å². The summed E-state index contributed by atoms with van der Waals surface area (Å²) < 4.78 is 5.70. The highest BCUT2D eigenvalue weighted by Gasteiger charge is 2.43. The lowest BCUT2D eigenvalue weighted by Crippen LogP contribution is -2.60. The van der Waals surface area contributed by atoms with Crippen molar-refractivity contribution in [2.24, 2.45) is 17.8 Å². The first kappa shape index (κ1) is 10.8. The molecule has 5 aliphatic rings. The molecular formula is C14H24N2O. The summed E-state index contributed by atoms with van der Waals surface area (Å²) in [5, 5.41) is 0. The molecule has 4 unspecified atom stereocenters. The van der Waals surface area contributed by atoms with E-state index in [0.29, 0.717) is 12.2 Å². The van der Waals surface area contributed by atoms with Crippen molar-refractivity contribution in [1.82, 2.24) is 9.80 Å². The van der Waals surface area contributed by atoms with Crippen LogP contribution in [0.1, 0.15) is 26.2 Å². The number of hydrogen-bond acceptors (Lipinski definition) is 3. The molecule has 5 rings (SSSR count). The van der Waals surface area contributed by atoms with Gasteiger partial charge in [-0.15, -0.1) is 0 Å². The lowest BCUT2D eigenvalue weighted by atomic mass is 9.62. The third kappa shape index (κ3) is 1.83. The molecule has 0 spiro atoms. The van der Waals surface area contributed by atoms with Crippen LogP contribution in [0.4, 0.5) is 0 Å². The molecule has 5 atom stereocenters. The topological polar surface area (TPSA) is 15.7 Å². The summed E-state index contributed by atoms with van der Waals surface area (Å²) in [7, 11) is 0. The SMILES string of the molecule is C[C@H]1CC2CN(CN3CC4CC(C3)O4)CCC21. The lowest BCUT2D eigenvalue weighted by molar-refractivity contribution is -0.189. The van der Waals surface area contributed by atoms with Gasteiger partial charge in [0.25, 0.3) is 0 Å². The molecule has 4 saturated heterocycles. The zero-order valence-electron chi connectivity index (χ0n) is 10.8. The predicted octanol–water partition coefficient (Wildman–Crippen LogP) is 1.39. The van der Waals surface area contributed by atoms with Crippen molar-refractivity contribution < 1.29 is 4.74 Å². The molecule has 0 radical (unpaired) electrons. The Morgan fingerprint density at radius 3 is 2.47 bits per heavy atom. The van der Waals surface area contributed by atoms with E-state index in [1.165, 1.54) is 52.1 Å². The standard InChI is InChI=1S/C14H24N2O/c1-10-4-11-6-15(3-2-14(10)11)9-16-7-12-5-13(8-16)17-12/h10-14H,2-9H2,1H3/t10-,11?,12?,13?,14?/m0/s1. The van der Waals surface area contributed by atoms with Gasteiger partial charge in [-0.05, 0) is 37.1 Å². The smallest absolute Gasteiger partial charge is 0.0732 e. The molecule has 0 amide bonds. The minimum absolute atomic E-state index is 0.565. The van der Waals surface area contributed by atoms with Crippen LogP contribution in [0.3, 0.4) is 0 Å². The van der Waals surface area contributed by atoms with Crippen LogP contribution in [0.25, 0.3) is 0 Å². The van der Waals surface area contributed by atoms with Gasteiger partial charge in [0.2, 0.25) is 0 Å². The van der Waals surface area contributed by atoms with E-state index < -0.39 is 0 Å². The summed E-state index contributed by atoms with van der Waals surface area (Å²) in [4.78, 5) is 5.31. The third-order valence-electron chi connectivity index (χ3n) is 5.52. The first-order valence-corrected chi connectivity index (χ1v) is 7.38. The van der Waals surface area contributed by atoms with Crippen LogP contribution >= 0.6 is 0 Å². The summed E-state index contributed by atoms with van der Waals surface area (Å²) in [6, 6.07) is 0. The Morgan fingerprint density at radius 2 is 1.82 bits per heavy atom. The Kier molecular flexibility index (Phi) is 2.50. The second-order valence-corrected chi connectivity index (χ2v) is 6.80. The summed E-state index contributed by atoms with van der Waals surface area (Å²) in [6.45, 7) is 8.69. The molecule has 96 valence electrons. The Bertz CT molecular complexity index is 293. The van der Waals surface area contributed by atoms with Crippen LogP contribution in [-0.4, -0.2) is 54.9 Å². The minimum Gasteiger partial charge on any atom is -0.372 e. The van der Waals surface area contributed by atoms with Gasteiger partial charge in [0.1, 0.15) is 0 Å². The molecule has 4 aliphatic heterocycles. The van der Waals surface area contributed by atoms with Gasteiger partial charge in [-0.1, -0.05) is 6.92 Å². The molecule has 17 heavy (non-hydrogen) atoms. The Hall–Kier alpha value is -0.120. The average molecular weight is 236 g/mol. The molecule has 4 heterocycles. The van der Waals surface area contributed by atoms with Gasteiger partial charge in [-0.3, -0.25) is 9.80 Å². The number of morpholine rings is 1. The van der Waals surface area contributed by atoms with E-state index in [-0.39, 0.29) is 0 Å². The highest BCUT2D eigenvalue weighted by atomic mass is 16.5. The summed E-state index contributed by atoms with van der Waals surface area (Å²) >= 11 is 0. The number of rotatable bonds is 2. The van der Waals surface area contributed by atoms with Crippen LogP contribution in [0.15, 0.2) is 0 Å². The van der Waals surface area contributed by atoms with E-state index in [2.05, 4.69) is 16.7 Å². The summed E-state index contributed by atoms with van der Waals surface area (Å²) in [5.41, 5.74) is 0. The number of piperidine rings is 2. The fourth-order valence-corrected chi connectivity index (χ4v) is 4.55.